The summed E-state index contributed by atoms with van der Waals surface area (Å²) in [4.78, 5) is 14.5. The largest absolute Gasteiger partial charge is 0.354 e. The van der Waals surface area contributed by atoms with Crippen molar-refractivity contribution in [3.63, 3.8) is 0 Å². The molecule has 0 atom stereocenters. The molecule has 0 aliphatic rings. The molecular formula is C34H36N2O. The number of aryl methyl sites for hydroxylation is 3. The van der Waals surface area contributed by atoms with Crippen molar-refractivity contribution in [3.05, 3.63) is 111 Å². The average Bonchev–Trinajstić information content (AvgIpc) is 2.85. The van der Waals surface area contributed by atoms with E-state index in [-0.39, 0.29) is 5.56 Å². The van der Waals surface area contributed by atoms with Gasteiger partial charge in [0.05, 0.1) is 22.3 Å². The monoisotopic (exact) mass is 488 g/mol. The first-order valence-electron chi connectivity index (χ1n) is 13.2. The van der Waals surface area contributed by atoms with Gasteiger partial charge in [-0.05, 0) is 72.4 Å². The molecule has 37 heavy (non-hydrogen) atoms. The molecule has 0 saturated heterocycles. The second-order valence-electron chi connectivity index (χ2n) is 10.9. The van der Waals surface area contributed by atoms with Gasteiger partial charge in [0.25, 0.3) is 5.56 Å². The van der Waals surface area contributed by atoms with Crippen molar-refractivity contribution in [1.82, 2.24) is 4.57 Å². The Hall–Kier alpha value is -3.85. The maximum absolute atomic E-state index is 14.5. The Labute approximate surface area is 219 Å². The van der Waals surface area contributed by atoms with E-state index in [1.54, 1.807) is 0 Å². The molecule has 1 N–H and O–H groups in total. The molecule has 0 radical (unpaired) electrons. The summed E-state index contributed by atoms with van der Waals surface area (Å²) in [7, 11) is 0. The van der Waals surface area contributed by atoms with E-state index in [1.807, 2.05) is 16.7 Å². The molecule has 0 aliphatic heterocycles. The fourth-order valence-corrected chi connectivity index (χ4v) is 5.81. The Bertz CT molecular complexity index is 1660. The van der Waals surface area contributed by atoms with Crippen LogP contribution in [0.25, 0.3) is 27.4 Å². The Morgan fingerprint density at radius 1 is 0.703 bits per heavy atom. The molecule has 0 fully saturated rings. The maximum Gasteiger partial charge on any atom is 0.265 e. The van der Waals surface area contributed by atoms with Gasteiger partial charge in [0.15, 0.2) is 0 Å². The van der Waals surface area contributed by atoms with Gasteiger partial charge in [0, 0.05) is 11.1 Å². The summed E-state index contributed by atoms with van der Waals surface area (Å²) in [6.45, 7) is 15.2. The van der Waals surface area contributed by atoms with Crippen molar-refractivity contribution in [3.8, 4) is 5.69 Å². The zero-order valence-electron chi connectivity index (χ0n) is 22.9. The van der Waals surface area contributed by atoms with Crippen LogP contribution in [0, 0.1) is 20.8 Å². The van der Waals surface area contributed by atoms with Crippen LogP contribution in [0.3, 0.4) is 0 Å². The summed E-state index contributed by atoms with van der Waals surface area (Å²) in [6, 6.07) is 25.2. The van der Waals surface area contributed by atoms with E-state index in [2.05, 4.69) is 114 Å². The van der Waals surface area contributed by atoms with Crippen LogP contribution < -0.4 is 10.9 Å². The summed E-state index contributed by atoms with van der Waals surface area (Å²) in [5, 5.41) is 6.51. The number of fused-ring (bicyclic) bond motifs is 3. The molecule has 1 heterocycles. The van der Waals surface area contributed by atoms with E-state index in [1.165, 1.54) is 16.7 Å². The lowest BCUT2D eigenvalue weighted by atomic mass is 9.92. The zero-order valence-corrected chi connectivity index (χ0v) is 22.9. The predicted octanol–water partition coefficient (Wildman–Crippen LogP) is 9.06. The van der Waals surface area contributed by atoms with Crippen molar-refractivity contribution < 1.29 is 0 Å². The normalized spacial score (nSPS) is 11.7. The lowest BCUT2D eigenvalue weighted by Crippen LogP contribution is -2.22. The molecule has 0 spiro atoms. The van der Waals surface area contributed by atoms with Crippen LogP contribution >= 0.6 is 0 Å². The van der Waals surface area contributed by atoms with Gasteiger partial charge in [-0.1, -0.05) is 93.9 Å². The molecule has 4 aromatic carbocycles. The number of benzene rings is 4. The fourth-order valence-electron chi connectivity index (χ4n) is 5.81. The van der Waals surface area contributed by atoms with Gasteiger partial charge >= 0.3 is 0 Å². The first-order chi connectivity index (χ1) is 17.7. The third kappa shape index (κ3) is 4.23. The van der Waals surface area contributed by atoms with E-state index in [0.29, 0.717) is 17.2 Å². The third-order valence-electron chi connectivity index (χ3n) is 7.41. The van der Waals surface area contributed by atoms with Gasteiger partial charge in [-0.25, -0.2) is 0 Å². The second-order valence-corrected chi connectivity index (χ2v) is 10.9. The van der Waals surface area contributed by atoms with E-state index in [4.69, 9.17) is 0 Å². The molecule has 0 amide bonds. The Morgan fingerprint density at radius 3 is 1.89 bits per heavy atom. The lowest BCUT2D eigenvalue weighted by Gasteiger charge is -2.23. The third-order valence-corrected chi connectivity index (χ3v) is 7.41. The van der Waals surface area contributed by atoms with Gasteiger partial charge in [-0.15, -0.1) is 0 Å². The molecule has 5 rings (SSSR count). The number of para-hydroxylation sites is 2. The number of pyridine rings is 1. The van der Waals surface area contributed by atoms with Crippen LogP contribution in [0.15, 0.2) is 77.6 Å². The van der Waals surface area contributed by atoms with E-state index in [0.717, 1.165) is 44.5 Å². The maximum atomic E-state index is 14.5. The highest BCUT2D eigenvalue weighted by atomic mass is 16.1. The van der Waals surface area contributed by atoms with Gasteiger partial charge in [-0.3, -0.25) is 9.36 Å². The Kier molecular flexibility index (Phi) is 6.41. The highest BCUT2D eigenvalue weighted by molar-refractivity contribution is 6.10. The number of anilines is 2. The molecule has 3 nitrogen and oxygen atoms in total. The Morgan fingerprint density at radius 2 is 1.27 bits per heavy atom. The van der Waals surface area contributed by atoms with Crippen molar-refractivity contribution in [2.75, 3.05) is 5.32 Å². The van der Waals surface area contributed by atoms with Crippen molar-refractivity contribution in [1.29, 1.82) is 0 Å². The van der Waals surface area contributed by atoms with Crippen LogP contribution in [0.5, 0.6) is 0 Å². The fraction of sp³-hybridized carbons (Fsp3) is 0.265. The van der Waals surface area contributed by atoms with Gasteiger partial charge in [-0.2, -0.15) is 0 Å². The number of hydrogen-bond acceptors (Lipinski definition) is 2. The first-order valence-corrected chi connectivity index (χ1v) is 13.2. The zero-order chi connectivity index (χ0) is 26.4. The van der Waals surface area contributed by atoms with Gasteiger partial charge in [0.2, 0.25) is 0 Å². The first kappa shape index (κ1) is 24.8. The summed E-state index contributed by atoms with van der Waals surface area (Å²) >= 11 is 0. The van der Waals surface area contributed by atoms with E-state index < -0.39 is 0 Å². The minimum Gasteiger partial charge on any atom is -0.354 e. The number of hydrogen-bond donors (Lipinski definition) is 1. The number of aromatic nitrogens is 1. The lowest BCUT2D eigenvalue weighted by molar-refractivity contribution is 0.838. The Balaban J connectivity index is 1.88. The highest BCUT2D eigenvalue weighted by Crippen LogP contribution is 2.37. The van der Waals surface area contributed by atoms with Crippen LogP contribution in [-0.4, -0.2) is 4.57 Å². The van der Waals surface area contributed by atoms with Gasteiger partial charge in [0.1, 0.15) is 0 Å². The molecular weight excluding hydrogens is 452 g/mol. The number of nitrogens with one attached hydrogen (secondary N) is 1. The summed E-state index contributed by atoms with van der Waals surface area (Å²) in [6.07, 6.45) is 0. The molecule has 5 aromatic rings. The van der Waals surface area contributed by atoms with Crippen LogP contribution in [-0.2, 0) is 0 Å². The SMILES string of the molecule is Cc1cc(C)c(-n2c(=O)c3c(Nc4c(C(C)C)cccc4C(C)C)cccc3c3ccccc32)c(C)c1. The van der Waals surface area contributed by atoms with E-state index >= 15 is 0 Å². The minimum absolute atomic E-state index is 0.0000203. The summed E-state index contributed by atoms with van der Waals surface area (Å²) in [5.74, 6) is 0.707. The van der Waals surface area contributed by atoms with Crippen molar-refractivity contribution in [2.45, 2.75) is 60.3 Å². The van der Waals surface area contributed by atoms with Crippen molar-refractivity contribution in [2.24, 2.45) is 0 Å². The van der Waals surface area contributed by atoms with Crippen LogP contribution in [0.4, 0.5) is 11.4 Å². The molecule has 0 aliphatic carbocycles. The predicted molar refractivity (Wildman–Crippen MR) is 159 cm³/mol. The summed E-state index contributed by atoms with van der Waals surface area (Å²) in [5.41, 5.74) is 9.77. The van der Waals surface area contributed by atoms with Crippen molar-refractivity contribution >= 4 is 33.1 Å². The molecule has 0 saturated carbocycles. The molecule has 3 heteroatoms. The number of rotatable bonds is 5. The minimum atomic E-state index is -0.0000203. The standard InChI is InChI=1S/C34H36N2O/c1-20(2)25-13-10-14-26(21(3)4)32(25)35-29-16-11-15-28-27-12-8-9-17-30(27)36(34(37)31(28)29)33-23(6)18-22(5)19-24(33)7/h8-21,35H,1-7H3. The smallest absolute Gasteiger partial charge is 0.265 e. The van der Waals surface area contributed by atoms with Crippen LogP contribution in [0.2, 0.25) is 0 Å². The molecule has 1 aromatic heterocycles. The molecule has 0 unspecified atom stereocenters. The number of nitrogens with zero attached hydrogens (tertiary/aromatic N) is 1. The molecule has 0 bridgehead atoms. The van der Waals surface area contributed by atoms with E-state index in [9.17, 15) is 4.79 Å². The second kappa shape index (κ2) is 9.55. The summed E-state index contributed by atoms with van der Waals surface area (Å²) < 4.78 is 1.92. The average molecular weight is 489 g/mol. The quantitative estimate of drug-likeness (QED) is 0.250. The van der Waals surface area contributed by atoms with Gasteiger partial charge < -0.3 is 5.32 Å². The topological polar surface area (TPSA) is 34.0 Å². The molecule has 188 valence electrons. The van der Waals surface area contributed by atoms with Crippen LogP contribution in [0.1, 0.15) is 67.3 Å². The highest BCUT2D eigenvalue weighted by Gasteiger charge is 2.20.